The fourth-order valence-corrected chi connectivity index (χ4v) is 2.29. The SMILES string of the molecule is O=S(=O)(O)CCCCCCCCc1[c][nH][c]c1. The summed E-state index contributed by atoms with van der Waals surface area (Å²) in [5.74, 6) is -0.110. The lowest BCUT2D eigenvalue weighted by Crippen LogP contribution is -2.03. The lowest BCUT2D eigenvalue weighted by molar-refractivity contribution is 0.478. The third kappa shape index (κ3) is 7.99. The van der Waals surface area contributed by atoms with E-state index in [4.69, 9.17) is 4.55 Å². The van der Waals surface area contributed by atoms with Crippen LogP contribution in [0.2, 0.25) is 0 Å². The first-order chi connectivity index (χ1) is 8.08. The minimum atomic E-state index is -3.76. The van der Waals surface area contributed by atoms with Gasteiger partial charge in [-0.1, -0.05) is 25.7 Å². The molecule has 0 amide bonds. The van der Waals surface area contributed by atoms with E-state index in [0.717, 1.165) is 44.1 Å². The molecule has 0 bridgehead atoms. The van der Waals surface area contributed by atoms with Crippen molar-refractivity contribution in [2.75, 3.05) is 5.75 Å². The molecular weight excluding hydrogens is 238 g/mol. The highest BCUT2D eigenvalue weighted by molar-refractivity contribution is 7.85. The Morgan fingerprint density at radius 2 is 1.76 bits per heavy atom. The molecule has 2 radical (unpaired) electrons. The Morgan fingerprint density at radius 1 is 1.12 bits per heavy atom. The lowest BCUT2D eigenvalue weighted by atomic mass is 10.1. The molecule has 0 aliphatic rings. The monoisotopic (exact) mass is 257 g/mol. The van der Waals surface area contributed by atoms with E-state index >= 15 is 0 Å². The largest absolute Gasteiger partial charge is 0.352 e. The van der Waals surface area contributed by atoms with Crippen molar-refractivity contribution in [3.8, 4) is 0 Å². The number of hydrogen-bond donors (Lipinski definition) is 2. The average Bonchev–Trinajstić information content (AvgIpc) is 2.73. The minimum Gasteiger partial charge on any atom is -0.352 e. The number of aryl methyl sites for hydroxylation is 1. The number of nitrogens with one attached hydrogen (secondary N) is 1. The van der Waals surface area contributed by atoms with Crippen LogP contribution in [-0.4, -0.2) is 23.7 Å². The summed E-state index contributed by atoms with van der Waals surface area (Å²) in [6, 6.07) is 1.91. The van der Waals surface area contributed by atoms with Crippen molar-refractivity contribution in [1.82, 2.24) is 4.98 Å². The van der Waals surface area contributed by atoms with E-state index in [0.29, 0.717) is 6.42 Å². The Bertz CT molecular complexity index is 384. The first-order valence-corrected chi connectivity index (χ1v) is 7.59. The molecule has 96 valence electrons. The van der Waals surface area contributed by atoms with Gasteiger partial charge in [0.15, 0.2) is 0 Å². The van der Waals surface area contributed by atoms with Gasteiger partial charge < -0.3 is 4.98 Å². The molecule has 0 aliphatic carbocycles. The maximum absolute atomic E-state index is 10.4. The van der Waals surface area contributed by atoms with Gasteiger partial charge in [-0.25, -0.2) is 0 Å². The molecule has 0 fully saturated rings. The molecular formula is C12H19NO3S. The van der Waals surface area contributed by atoms with Gasteiger partial charge in [0.05, 0.1) is 18.1 Å². The predicted molar refractivity (Wildman–Crippen MR) is 66.3 cm³/mol. The number of aromatic nitrogens is 1. The van der Waals surface area contributed by atoms with Crippen LogP contribution in [0.5, 0.6) is 0 Å². The molecule has 0 aliphatic heterocycles. The minimum absolute atomic E-state index is 0.110. The molecule has 0 atom stereocenters. The Labute approximate surface area is 103 Å². The highest BCUT2D eigenvalue weighted by Crippen LogP contribution is 2.09. The quantitative estimate of drug-likeness (QED) is 0.527. The Hall–Kier alpha value is -0.810. The van der Waals surface area contributed by atoms with Crippen molar-refractivity contribution in [2.24, 2.45) is 0 Å². The van der Waals surface area contributed by atoms with E-state index in [-0.39, 0.29) is 5.75 Å². The third-order valence-electron chi connectivity index (χ3n) is 2.64. The zero-order chi connectivity index (χ0) is 12.6. The van der Waals surface area contributed by atoms with Crippen molar-refractivity contribution in [3.05, 3.63) is 24.0 Å². The fraction of sp³-hybridized carbons (Fsp3) is 0.667. The number of H-pyrrole nitrogens is 1. The van der Waals surface area contributed by atoms with Gasteiger partial charge in [0.25, 0.3) is 10.1 Å². The van der Waals surface area contributed by atoms with Gasteiger partial charge in [0.1, 0.15) is 0 Å². The van der Waals surface area contributed by atoms with E-state index in [2.05, 4.69) is 17.4 Å². The first-order valence-electron chi connectivity index (χ1n) is 5.99. The fourth-order valence-electron chi connectivity index (χ4n) is 1.72. The highest BCUT2D eigenvalue weighted by atomic mass is 32.2. The number of hydrogen-bond acceptors (Lipinski definition) is 2. The molecule has 1 aromatic heterocycles. The molecule has 0 saturated carbocycles. The van der Waals surface area contributed by atoms with Crippen LogP contribution in [0.4, 0.5) is 0 Å². The first kappa shape index (κ1) is 14.3. The topological polar surface area (TPSA) is 70.2 Å². The zero-order valence-electron chi connectivity index (χ0n) is 9.91. The number of aromatic amines is 1. The number of unbranched alkanes of at least 4 members (excludes halogenated alkanes) is 5. The maximum Gasteiger partial charge on any atom is 0.264 e. The van der Waals surface area contributed by atoms with Gasteiger partial charge in [-0.15, -0.1) is 0 Å². The van der Waals surface area contributed by atoms with E-state index in [9.17, 15) is 8.42 Å². The van der Waals surface area contributed by atoms with E-state index in [1.807, 2.05) is 6.07 Å². The van der Waals surface area contributed by atoms with Crippen molar-refractivity contribution in [2.45, 2.75) is 44.9 Å². The molecule has 0 unspecified atom stereocenters. The second kappa shape index (κ2) is 7.50. The van der Waals surface area contributed by atoms with Crippen LogP contribution in [0.3, 0.4) is 0 Å². The van der Waals surface area contributed by atoms with Gasteiger partial charge in [-0.2, -0.15) is 8.42 Å². The highest BCUT2D eigenvalue weighted by Gasteiger charge is 2.02. The van der Waals surface area contributed by atoms with Gasteiger partial charge >= 0.3 is 0 Å². The Balaban J connectivity index is 1.88. The normalized spacial score (nSPS) is 11.8. The van der Waals surface area contributed by atoms with Crippen LogP contribution in [0.1, 0.15) is 44.1 Å². The molecule has 17 heavy (non-hydrogen) atoms. The second-order valence-electron chi connectivity index (χ2n) is 4.22. The Kier molecular flexibility index (Phi) is 6.29. The molecule has 0 aromatic carbocycles. The molecule has 4 nitrogen and oxygen atoms in total. The summed E-state index contributed by atoms with van der Waals surface area (Å²) in [5.41, 5.74) is 1.16. The van der Waals surface area contributed by atoms with Crippen LogP contribution in [0.25, 0.3) is 0 Å². The summed E-state index contributed by atoms with van der Waals surface area (Å²) in [7, 11) is -3.76. The summed E-state index contributed by atoms with van der Waals surface area (Å²) in [4.78, 5) is 2.78. The van der Waals surface area contributed by atoms with Gasteiger partial charge in [0, 0.05) is 0 Å². The standard InChI is InChI=1S/C12H19NO3S/c14-17(15,16)10-6-4-2-1-3-5-7-12-8-9-13-11-12/h8,13H,1-7,10H2,(H,14,15,16). The summed E-state index contributed by atoms with van der Waals surface area (Å²) in [5, 5.41) is 0. The van der Waals surface area contributed by atoms with Crippen LogP contribution < -0.4 is 0 Å². The van der Waals surface area contributed by atoms with Gasteiger partial charge in [0.2, 0.25) is 0 Å². The van der Waals surface area contributed by atoms with Gasteiger partial charge in [-0.3, -0.25) is 4.55 Å². The molecule has 1 rings (SSSR count). The average molecular weight is 257 g/mol. The third-order valence-corrected chi connectivity index (χ3v) is 3.44. The second-order valence-corrected chi connectivity index (χ2v) is 5.79. The molecule has 1 heterocycles. The molecule has 5 heteroatoms. The molecule has 0 saturated heterocycles. The van der Waals surface area contributed by atoms with Crippen molar-refractivity contribution < 1.29 is 13.0 Å². The maximum atomic E-state index is 10.4. The predicted octanol–water partition coefficient (Wildman–Crippen LogP) is 2.39. The van der Waals surface area contributed by atoms with Gasteiger partial charge in [-0.05, 0) is 30.9 Å². The molecule has 2 N–H and O–H groups in total. The number of rotatable bonds is 9. The smallest absolute Gasteiger partial charge is 0.264 e. The van der Waals surface area contributed by atoms with E-state index < -0.39 is 10.1 Å². The van der Waals surface area contributed by atoms with Crippen LogP contribution in [0, 0.1) is 12.4 Å². The summed E-state index contributed by atoms with van der Waals surface area (Å²) in [6.45, 7) is 0. The lowest BCUT2D eigenvalue weighted by Gasteiger charge is -2.00. The summed E-state index contributed by atoms with van der Waals surface area (Å²) in [6.07, 6.45) is 12.7. The van der Waals surface area contributed by atoms with Crippen molar-refractivity contribution in [1.29, 1.82) is 0 Å². The molecule has 0 spiro atoms. The summed E-state index contributed by atoms with van der Waals surface area (Å²) >= 11 is 0. The van der Waals surface area contributed by atoms with Crippen molar-refractivity contribution in [3.63, 3.8) is 0 Å². The van der Waals surface area contributed by atoms with Crippen LogP contribution in [0.15, 0.2) is 6.07 Å². The molecule has 1 aromatic rings. The van der Waals surface area contributed by atoms with E-state index in [1.54, 1.807) is 0 Å². The van der Waals surface area contributed by atoms with E-state index in [1.165, 1.54) is 0 Å². The summed E-state index contributed by atoms with van der Waals surface area (Å²) < 4.78 is 29.4. The Morgan fingerprint density at radius 3 is 2.35 bits per heavy atom. The van der Waals surface area contributed by atoms with Crippen LogP contribution >= 0.6 is 0 Å². The van der Waals surface area contributed by atoms with Crippen molar-refractivity contribution >= 4 is 10.1 Å². The zero-order valence-corrected chi connectivity index (χ0v) is 10.7. The van der Waals surface area contributed by atoms with Crippen LogP contribution in [-0.2, 0) is 16.5 Å².